The second kappa shape index (κ2) is 17.8. The largest absolute Gasteiger partial charge is 0.482 e. The molecule has 2 amide bonds. The number of esters is 1. The summed E-state index contributed by atoms with van der Waals surface area (Å²) >= 11 is 0. The van der Waals surface area contributed by atoms with Crippen LogP contribution in [0.15, 0.2) is 58.0 Å². The molecule has 0 radical (unpaired) electrons. The number of hydrogen-bond acceptors (Lipinski definition) is 13. The van der Waals surface area contributed by atoms with Crippen molar-refractivity contribution in [2.24, 2.45) is 23.5 Å². The second-order valence-corrected chi connectivity index (χ2v) is 20.5. The van der Waals surface area contributed by atoms with Crippen molar-refractivity contribution in [3.05, 3.63) is 74.7 Å². The molecule has 0 aromatic heterocycles. The first-order valence-corrected chi connectivity index (χ1v) is 23.7. The molecule has 1 aromatic rings. The molecule has 5 fully saturated rings. The number of amides is 2. The van der Waals surface area contributed by atoms with Crippen LogP contribution in [0.5, 0.6) is 17.2 Å². The molecule has 5 heterocycles. The Hall–Kier alpha value is -5.69. The molecule has 358 valence electrons. The SMILES string of the molecule is CC(C)=CCCC1(C)C=Cc2c(c(CC=C(C)C)c3c(c2OC(=O)CCC(=O)N2CCN(C)CC2)C2=C4C(C(C#N)=C(N)N2)C2CC5C(C)(C)OC(C/C=C(/C)C(=O)NCCO)(C2=O)C45O3)O1. The van der Waals surface area contributed by atoms with Gasteiger partial charge in [-0.15, -0.1) is 0 Å². The molecule has 15 nitrogen and oxygen atoms in total. The van der Waals surface area contributed by atoms with Gasteiger partial charge in [0, 0.05) is 80.0 Å². The Morgan fingerprint density at radius 3 is 2.42 bits per heavy atom. The standard InChI is InChI=1S/C52H66N6O9/c1-29(2)11-10-18-50(8)19-17-33-43(65-50)32(13-12-30(3)4)45-40(44(33)64-38(61)15-14-37(60)58-24-22-57(9)23-25-58)42-41-39(35(28-53)47(54)56-42)34-27-36-49(6,7)67-51(46(34)62,52(36,41)66-45)20-16-31(5)48(63)55-21-26-59/h11-12,16-17,19,34,36,39,56,59H,10,13-15,18,20-27,54H2,1-9H3,(H,55,63)/b31-16-. The van der Waals surface area contributed by atoms with Crippen molar-refractivity contribution in [3.63, 3.8) is 0 Å². The lowest BCUT2D eigenvalue weighted by molar-refractivity contribution is -0.181. The Bertz CT molecular complexity index is 2530. The summed E-state index contributed by atoms with van der Waals surface area (Å²) in [5.41, 5.74) is 7.25. The van der Waals surface area contributed by atoms with Crippen LogP contribution in [0.25, 0.3) is 11.8 Å². The van der Waals surface area contributed by atoms with E-state index in [0.717, 1.165) is 25.1 Å². The summed E-state index contributed by atoms with van der Waals surface area (Å²) in [5.74, 6) is -2.39. The predicted octanol–water partition coefficient (Wildman–Crippen LogP) is 5.53. The van der Waals surface area contributed by atoms with Gasteiger partial charge in [-0.25, -0.2) is 0 Å². The summed E-state index contributed by atoms with van der Waals surface area (Å²) in [6.07, 6.45) is 11.6. The highest BCUT2D eigenvalue weighted by Crippen LogP contribution is 2.73. The molecule has 5 aliphatic heterocycles. The minimum atomic E-state index is -1.69. The number of nitrogens with one attached hydrogen (secondary N) is 2. The smallest absolute Gasteiger partial charge is 0.311 e. The number of nitriles is 1. The van der Waals surface area contributed by atoms with Gasteiger partial charge in [-0.1, -0.05) is 29.4 Å². The first kappa shape index (κ1) is 47.8. The normalized spacial score (nSPS) is 28.6. The van der Waals surface area contributed by atoms with E-state index in [1.807, 2.05) is 53.8 Å². The van der Waals surface area contributed by atoms with Gasteiger partial charge in [0.05, 0.1) is 47.1 Å². The number of piperazine rings is 1. The van der Waals surface area contributed by atoms with Crippen molar-refractivity contribution < 1.29 is 43.2 Å². The monoisotopic (exact) mass is 918 g/mol. The van der Waals surface area contributed by atoms with Crippen molar-refractivity contribution in [1.29, 1.82) is 5.26 Å². The van der Waals surface area contributed by atoms with Gasteiger partial charge in [0.2, 0.25) is 11.8 Å². The van der Waals surface area contributed by atoms with Crippen LogP contribution in [0.1, 0.15) is 111 Å². The van der Waals surface area contributed by atoms with Crippen LogP contribution >= 0.6 is 0 Å². The fourth-order valence-electron chi connectivity index (χ4n) is 11.5. The van der Waals surface area contributed by atoms with Crippen LogP contribution in [0.3, 0.4) is 0 Å². The number of aliphatic hydroxyl groups excluding tert-OH is 1. The topological polar surface area (TPSA) is 206 Å². The van der Waals surface area contributed by atoms with Crippen LogP contribution in [0, 0.1) is 29.1 Å². The number of ketones is 1. The van der Waals surface area contributed by atoms with Gasteiger partial charge in [0.25, 0.3) is 0 Å². The lowest BCUT2D eigenvalue weighted by Gasteiger charge is -2.62. The highest BCUT2D eigenvalue weighted by molar-refractivity contribution is 6.02. The maximum absolute atomic E-state index is 15.5. The van der Waals surface area contributed by atoms with Gasteiger partial charge in [0.15, 0.2) is 22.7 Å². The summed E-state index contributed by atoms with van der Waals surface area (Å²) in [4.78, 5) is 60.4. The Kier molecular flexibility index (Phi) is 12.7. The summed E-state index contributed by atoms with van der Waals surface area (Å²) in [7, 11) is 2.01. The molecule has 6 unspecified atom stereocenters. The Morgan fingerprint density at radius 1 is 1.03 bits per heavy atom. The molecule has 5 N–H and O–H groups in total. The predicted molar refractivity (Wildman–Crippen MR) is 252 cm³/mol. The maximum Gasteiger partial charge on any atom is 0.311 e. The number of fused-ring (bicyclic) bond motifs is 3. The van der Waals surface area contributed by atoms with Gasteiger partial charge in [-0.05, 0) is 100 Å². The third kappa shape index (κ3) is 7.98. The number of ether oxygens (including phenoxy) is 4. The van der Waals surface area contributed by atoms with E-state index in [-0.39, 0.29) is 61.2 Å². The zero-order valence-corrected chi connectivity index (χ0v) is 40.4. The highest BCUT2D eigenvalue weighted by Gasteiger charge is 2.84. The van der Waals surface area contributed by atoms with Crippen molar-refractivity contribution in [1.82, 2.24) is 20.4 Å². The van der Waals surface area contributed by atoms with Gasteiger partial charge in [-0.3, -0.25) is 19.2 Å². The molecule has 15 heteroatoms. The van der Waals surface area contributed by atoms with E-state index in [0.29, 0.717) is 77.4 Å². The molecule has 67 heavy (non-hydrogen) atoms. The number of Topliss-reactive ketones (excluding diaryl/α,β-unsaturated/α-hetero) is 1. The van der Waals surface area contributed by atoms with Crippen LogP contribution in [-0.4, -0.2) is 107 Å². The molecule has 2 saturated heterocycles. The average Bonchev–Trinajstić information content (AvgIpc) is 3.42. The number of allylic oxidation sites excluding steroid dienone is 5. The second-order valence-electron chi connectivity index (χ2n) is 20.5. The quantitative estimate of drug-likeness (QED) is 0.0785. The molecule has 1 aromatic carbocycles. The van der Waals surface area contributed by atoms with E-state index in [1.165, 1.54) is 5.57 Å². The number of likely N-dealkylation sites (N-methyl/N-ethyl adjacent to an activating group) is 1. The van der Waals surface area contributed by atoms with Crippen LogP contribution in [-0.2, 0) is 30.3 Å². The fourth-order valence-corrected chi connectivity index (χ4v) is 11.5. The van der Waals surface area contributed by atoms with Crippen LogP contribution < -0.4 is 30.6 Å². The molecule has 9 rings (SSSR count). The zero-order chi connectivity index (χ0) is 48.4. The molecule has 6 atom stereocenters. The zero-order valence-electron chi connectivity index (χ0n) is 40.4. The molecule has 1 spiro atoms. The summed E-state index contributed by atoms with van der Waals surface area (Å²) in [5, 5.41) is 26.3. The Labute approximate surface area is 393 Å². The van der Waals surface area contributed by atoms with E-state index < -0.39 is 52.0 Å². The molecular formula is C52H66N6O9. The number of nitrogens with zero attached hydrogens (tertiary/aromatic N) is 3. The third-order valence-corrected chi connectivity index (χ3v) is 14.9. The lowest BCUT2D eigenvalue weighted by Crippen LogP contribution is -2.75. The highest BCUT2D eigenvalue weighted by atomic mass is 16.6. The van der Waals surface area contributed by atoms with Crippen molar-refractivity contribution in [2.45, 2.75) is 123 Å². The van der Waals surface area contributed by atoms with Gasteiger partial charge < -0.3 is 50.2 Å². The van der Waals surface area contributed by atoms with Crippen LogP contribution in [0.4, 0.5) is 0 Å². The number of dihydropyridines is 1. The number of hydrogen-bond donors (Lipinski definition) is 4. The molecular weight excluding hydrogens is 853 g/mol. The van der Waals surface area contributed by atoms with Crippen molar-refractivity contribution in [2.75, 3.05) is 46.4 Å². The van der Waals surface area contributed by atoms with Crippen LogP contribution in [0.2, 0.25) is 0 Å². The lowest BCUT2D eigenvalue weighted by atomic mass is 9.45. The fraction of sp³-hybridized carbons (Fsp3) is 0.558. The summed E-state index contributed by atoms with van der Waals surface area (Å²) < 4.78 is 28.6. The Morgan fingerprint density at radius 2 is 1.75 bits per heavy atom. The van der Waals surface area contributed by atoms with Gasteiger partial charge in [0.1, 0.15) is 22.9 Å². The minimum absolute atomic E-state index is 0.0408. The van der Waals surface area contributed by atoms with Crippen molar-refractivity contribution >= 4 is 35.3 Å². The average molecular weight is 919 g/mol. The van der Waals surface area contributed by atoms with Gasteiger partial charge in [-0.2, -0.15) is 5.26 Å². The number of nitrogens with two attached hydrogens (primary N) is 1. The van der Waals surface area contributed by atoms with E-state index in [1.54, 1.807) is 17.9 Å². The number of carbonyl (C=O) groups excluding carboxylic acids is 4. The van der Waals surface area contributed by atoms with Gasteiger partial charge >= 0.3 is 5.97 Å². The number of aliphatic hydroxyl groups is 1. The third-order valence-electron chi connectivity index (χ3n) is 14.9. The van der Waals surface area contributed by atoms with E-state index in [9.17, 15) is 24.8 Å². The number of carbonyl (C=O) groups is 4. The maximum atomic E-state index is 15.5. The Balaban J connectivity index is 1.36. The van der Waals surface area contributed by atoms with E-state index in [4.69, 9.17) is 24.7 Å². The van der Waals surface area contributed by atoms with E-state index >= 15 is 4.79 Å². The minimum Gasteiger partial charge on any atom is -0.482 e. The van der Waals surface area contributed by atoms with Crippen molar-refractivity contribution in [3.8, 4) is 23.3 Å². The number of rotatable bonds is 14. The molecule has 3 aliphatic carbocycles. The number of benzene rings is 1. The summed E-state index contributed by atoms with van der Waals surface area (Å²) in [6, 6.07) is 2.32. The summed E-state index contributed by atoms with van der Waals surface area (Å²) in [6.45, 7) is 18.2. The molecule has 8 aliphatic rings. The molecule has 3 saturated carbocycles. The van der Waals surface area contributed by atoms with E-state index in [2.05, 4.69) is 47.6 Å². The first-order valence-electron chi connectivity index (χ1n) is 23.7. The molecule has 4 bridgehead atoms. The first-order chi connectivity index (χ1) is 31.7.